The van der Waals surface area contributed by atoms with Gasteiger partial charge in [-0.25, -0.2) is 13.2 Å². The van der Waals surface area contributed by atoms with Crippen LogP contribution < -0.4 is 9.47 Å². The van der Waals surface area contributed by atoms with Crippen LogP contribution in [0.4, 0.5) is 0 Å². The highest BCUT2D eigenvalue weighted by molar-refractivity contribution is 7.91. The van der Waals surface area contributed by atoms with E-state index in [2.05, 4.69) is 6.92 Å². The van der Waals surface area contributed by atoms with Crippen LogP contribution in [-0.2, 0) is 24.2 Å². The fourth-order valence-electron chi connectivity index (χ4n) is 3.64. The number of nitrogens with zero attached hydrogens (tertiary/aromatic N) is 1. The Balaban J connectivity index is 1.96. The molecule has 0 saturated carbocycles. The highest BCUT2D eigenvalue weighted by atomic mass is 32.2. The topological polar surface area (TPSA) is 99.2 Å². The van der Waals surface area contributed by atoms with E-state index in [0.29, 0.717) is 37.7 Å². The molecule has 2 rings (SSSR count). The third-order valence-corrected chi connectivity index (χ3v) is 7.05. The fraction of sp³-hybridized carbons (Fsp3) is 0.600. The fourth-order valence-corrected chi connectivity index (χ4v) is 5.37. The average molecular weight is 496 g/mol. The molecule has 0 bridgehead atoms. The van der Waals surface area contributed by atoms with Gasteiger partial charge < -0.3 is 19.1 Å². The van der Waals surface area contributed by atoms with Gasteiger partial charge in [0.25, 0.3) is 5.91 Å². The Kier molecular flexibility index (Phi) is 10.9. The molecule has 34 heavy (non-hydrogen) atoms. The van der Waals surface area contributed by atoms with Gasteiger partial charge in [-0.15, -0.1) is 0 Å². The lowest BCUT2D eigenvalue weighted by Crippen LogP contribution is -2.45. The summed E-state index contributed by atoms with van der Waals surface area (Å²) in [7, 11) is -3.13. The summed E-state index contributed by atoms with van der Waals surface area (Å²) in [6, 6.07) is 5.02. The van der Waals surface area contributed by atoms with Crippen LogP contribution in [0.3, 0.4) is 0 Å². The molecule has 0 spiro atoms. The van der Waals surface area contributed by atoms with E-state index in [4.69, 9.17) is 14.2 Å². The van der Waals surface area contributed by atoms with Crippen LogP contribution >= 0.6 is 0 Å². The maximum atomic E-state index is 12.7. The molecule has 9 heteroatoms. The van der Waals surface area contributed by atoms with Crippen molar-refractivity contribution in [1.29, 1.82) is 0 Å². The number of carbonyl (C=O) groups excluding carboxylic acids is 2. The summed E-state index contributed by atoms with van der Waals surface area (Å²) in [5, 5.41) is 0. The quantitative estimate of drug-likeness (QED) is 0.235. The standard InChI is InChI=1S/C25H37NO7S/c1-5-7-13-32-22-10-8-20(15-23(22)31-6-2)9-11-25(28)33-17-24(27)26(16-19(3)4)21-12-14-34(29,30)18-21/h8-11,15,19,21H,5-7,12-14,16-18H2,1-4H3/b11-9+. The summed E-state index contributed by atoms with van der Waals surface area (Å²) < 4.78 is 40.2. The third-order valence-electron chi connectivity index (χ3n) is 5.30. The molecule has 1 aromatic rings. The van der Waals surface area contributed by atoms with Crippen molar-refractivity contribution in [1.82, 2.24) is 4.90 Å². The van der Waals surface area contributed by atoms with Crippen molar-refractivity contribution < 1.29 is 32.2 Å². The molecule has 1 fully saturated rings. The van der Waals surface area contributed by atoms with Gasteiger partial charge in [0.2, 0.25) is 0 Å². The second kappa shape index (κ2) is 13.4. The SMILES string of the molecule is CCCCOc1ccc(/C=C/C(=O)OCC(=O)N(CC(C)C)C2CCS(=O)(=O)C2)cc1OCC. The lowest BCUT2D eigenvalue weighted by atomic mass is 10.1. The molecular weight excluding hydrogens is 458 g/mol. The van der Waals surface area contributed by atoms with Crippen molar-refractivity contribution in [3.05, 3.63) is 29.8 Å². The third kappa shape index (κ3) is 9.00. The maximum Gasteiger partial charge on any atom is 0.331 e. The number of rotatable bonds is 13. The van der Waals surface area contributed by atoms with Crippen LogP contribution in [0.1, 0.15) is 52.5 Å². The van der Waals surface area contributed by atoms with Gasteiger partial charge >= 0.3 is 5.97 Å². The minimum Gasteiger partial charge on any atom is -0.490 e. The zero-order valence-electron chi connectivity index (χ0n) is 20.6. The van der Waals surface area contributed by atoms with Gasteiger partial charge in [-0.05, 0) is 49.5 Å². The van der Waals surface area contributed by atoms with Crippen molar-refractivity contribution >= 4 is 27.8 Å². The first-order chi connectivity index (χ1) is 16.1. The number of carbonyl (C=O) groups is 2. The number of amides is 1. The van der Waals surface area contributed by atoms with Crippen molar-refractivity contribution in [3.8, 4) is 11.5 Å². The van der Waals surface area contributed by atoms with Gasteiger partial charge in [0.15, 0.2) is 27.9 Å². The number of ether oxygens (including phenoxy) is 3. The first-order valence-corrected chi connectivity index (χ1v) is 13.7. The summed E-state index contributed by atoms with van der Waals surface area (Å²) in [6.07, 6.45) is 5.23. The summed E-state index contributed by atoms with van der Waals surface area (Å²) in [5.41, 5.74) is 0.729. The molecule has 1 aliphatic rings. The molecule has 1 aliphatic heterocycles. The first kappa shape index (κ1) is 27.7. The molecule has 1 atom stereocenters. The van der Waals surface area contributed by atoms with E-state index >= 15 is 0 Å². The number of hydrogen-bond donors (Lipinski definition) is 0. The highest BCUT2D eigenvalue weighted by Gasteiger charge is 2.35. The zero-order chi connectivity index (χ0) is 25.1. The van der Waals surface area contributed by atoms with E-state index < -0.39 is 22.4 Å². The highest BCUT2D eigenvalue weighted by Crippen LogP contribution is 2.29. The molecule has 0 aliphatic carbocycles. The summed E-state index contributed by atoms with van der Waals surface area (Å²) in [6.45, 7) is 8.96. The number of benzene rings is 1. The van der Waals surface area contributed by atoms with E-state index in [9.17, 15) is 18.0 Å². The Labute approximate surface area is 203 Å². The predicted octanol–water partition coefficient (Wildman–Crippen LogP) is 3.49. The molecule has 1 saturated heterocycles. The van der Waals surface area contributed by atoms with E-state index in [1.54, 1.807) is 18.2 Å². The molecule has 1 aromatic carbocycles. The Morgan fingerprint density at radius 3 is 2.56 bits per heavy atom. The second-order valence-corrected chi connectivity index (χ2v) is 11.0. The van der Waals surface area contributed by atoms with E-state index in [1.807, 2.05) is 26.8 Å². The van der Waals surface area contributed by atoms with Crippen LogP contribution in [0.15, 0.2) is 24.3 Å². The van der Waals surface area contributed by atoms with Crippen molar-refractivity contribution in [3.63, 3.8) is 0 Å². The van der Waals surface area contributed by atoms with E-state index in [-0.39, 0.29) is 29.4 Å². The minimum absolute atomic E-state index is 0.0420. The van der Waals surface area contributed by atoms with Gasteiger partial charge in [0.05, 0.1) is 24.7 Å². The van der Waals surface area contributed by atoms with Crippen LogP contribution in [0.25, 0.3) is 6.08 Å². The van der Waals surface area contributed by atoms with Crippen LogP contribution in [0.5, 0.6) is 11.5 Å². The zero-order valence-corrected chi connectivity index (χ0v) is 21.4. The Bertz CT molecular complexity index is 956. The summed E-state index contributed by atoms with van der Waals surface area (Å²) in [4.78, 5) is 26.5. The monoisotopic (exact) mass is 495 g/mol. The van der Waals surface area contributed by atoms with E-state index in [0.717, 1.165) is 18.4 Å². The van der Waals surface area contributed by atoms with Gasteiger partial charge in [-0.3, -0.25) is 4.79 Å². The van der Waals surface area contributed by atoms with E-state index in [1.165, 1.54) is 11.0 Å². The van der Waals surface area contributed by atoms with Gasteiger partial charge in [0, 0.05) is 18.7 Å². The van der Waals surface area contributed by atoms with Crippen LogP contribution in [0, 0.1) is 5.92 Å². The number of hydrogen-bond acceptors (Lipinski definition) is 7. The Morgan fingerprint density at radius 2 is 1.94 bits per heavy atom. The average Bonchev–Trinajstić information content (AvgIpc) is 3.15. The molecule has 190 valence electrons. The molecule has 0 aromatic heterocycles. The first-order valence-electron chi connectivity index (χ1n) is 11.9. The van der Waals surface area contributed by atoms with Crippen molar-refractivity contribution in [2.24, 2.45) is 5.92 Å². The Morgan fingerprint density at radius 1 is 1.18 bits per heavy atom. The van der Waals surface area contributed by atoms with Gasteiger partial charge in [-0.1, -0.05) is 33.3 Å². The lowest BCUT2D eigenvalue weighted by molar-refractivity contribution is -0.149. The smallest absolute Gasteiger partial charge is 0.331 e. The summed E-state index contributed by atoms with van der Waals surface area (Å²) >= 11 is 0. The summed E-state index contributed by atoms with van der Waals surface area (Å²) in [5.74, 6) is 0.410. The molecule has 0 radical (unpaired) electrons. The Hall–Kier alpha value is -2.55. The van der Waals surface area contributed by atoms with Crippen LogP contribution in [-0.4, -0.2) is 69.1 Å². The van der Waals surface area contributed by atoms with Crippen LogP contribution in [0.2, 0.25) is 0 Å². The molecule has 1 amide bonds. The minimum atomic E-state index is -3.13. The van der Waals surface area contributed by atoms with Gasteiger partial charge in [-0.2, -0.15) is 0 Å². The predicted molar refractivity (Wildman–Crippen MR) is 132 cm³/mol. The molecule has 0 N–H and O–H groups in total. The van der Waals surface area contributed by atoms with Crippen molar-refractivity contribution in [2.75, 3.05) is 37.9 Å². The molecule has 1 heterocycles. The van der Waals surface area contributed by atoms with Crippen molar-refractivity contribution in [2.45, 2.75) is 53.0 Å². The lowest BCUT2D eigenvalue weighted by Gasteiger charge is -2.29. The molecule has 1 unspecified atom stereocenters. The number of sulfone groups is 1. The van der Waals surface area contributed by atoms with Gasteiger partial charge in [0.1, 0.15) is 0 Å². The maximum absolute atomic E-state index is 12.7. The molecular formula is C25H37NO7S. The number of esters is 1. The number of unbranched alkanes of at least 4 members (excludes halogenated alkanes) is 1. The largest absolute Gasteiger partial charge is 0.490 e. The molecule has 8 nitrogen and oxygen atoms in total. The normalized spacial score (nSPS) is 17.1. The second-order valence-electron chi connectivity index (χ2n) is 8.78.